The molecule has 1 aromatic rings. The zero-order valence-corrected chi connectivity index (χ0v) is 10.9. The van der Waals surface area contributed by atoms with E-state index in [-0.39, 0.29) is 6.04 Å². The van der Waals surface area contributed by atoms with Gasteiger partial charge in [-0.15, -0.1) is 0 Å². The lowest BCUT2D eigenvalue weighted by Crippen LogP contribution is -2.27. The average Bonchev–Trinajstić information content (AvgIpc) is 3.09. The number of piperidine rings is 1. The van der Waals surface area contributed by atoms with Crippen molar-refractivity contribution in [3.63, 3.8) is 0 Å². The molecule has 1 atom stereocenters. The van der Waals surface area contributed by atoms with Gasteiger partial charge in [-0.25, -0.2) is 0 Å². The van der Waals surface area contributed by atoms with E-state index in [4.69, 9.17) is 4.52 Å². The maximum absolute atomic E-state index is 5.38. The lowest BCUT2D eigenvalue weighted by molar-refractivity contribution is 0.294. The lowest BCUT2D eigenvalue weighted by atomic mass is 10.1. The van der Waals surface area contributed by atoms with Crippen LogP contribution in [0.4, 0.5) is 0 Å². The zero-order chi connectivity index (χ0) is 12.2. The number of aromatic nitrogens is 2. The summed E-state index contributed by atoms with van der Waals surface area (Å²) < 4.78 is 5.38. The summed E-state index contributed by atoms with van der Waals surface area (Å²) in [6, 6.07) is 0.284. The summed E-state index contributed by atoms with van der Waals surface area (Å²) in [5.41, 5.74) is 0. The fourth-order valence-corrected chi connectivity index (χ4v) is 2.84. The Bertz CT molecular complexity index is 367. The molecule has 0 bridgehead atoms. The van der Waals surface area contributed by atoms with Crippen LogP contribution in [-0.2, 0) is 6.42 Å². The van der Waals surface area contributed by atoms with Crippen molar-refractivity contribution in [2.45, 2.75) is 44.6 Å². The summed E-state index contributed by atoms with van der Waals surface area (Å²) in [4.78, 5) is 7.01. The Kier molecular flexibility index (Phi) is 3.90. The predicted molar refractivity (Wildman–Crippen MR) is 68.3 cm³/mol. The Hall–Kier alpha value is -0.940. The summed E-state index contributed by atoms with van der Waals surface area (Å²) >= 11 is 0. The minimum atomic E-state index is 0.284. The molecule has 0 aliphatic carbocycles. The summed E-state index contributed by atoms with van der Waals surface area (Å²) in [5.74, 6) is 1.65. The molecule has 5 heteroatoms. The molecule has 18 heavy (non-hydrogen) atoms. The Labute approximate surface area is 108 Å². The van der Waals surface area contributed by atoms with Gasteiger partial charge in [0.15, 0.2) is 5.82 Å². The van der Waals surface area contributed by atoms with Crippen LogP contribution in [0.3, 0.4) is 0 Å². The van der Waals surface area contributed by atoms with E-state index >= 15 is 0 Å². The molecule has 2 aliphatic heterocycles. The van der Waals surface area contributed by atoms with Crippen LogP contribution in [0.15, 0.2) is 4.52 Å². The van der Waals surface area contributed by atoms with Crippen LogP contribution in [0.5, 0.6) is 0 Å². The zero-order valence-electron chi connectivity index (χ0n) is 10.9. The third-order valence-corrected chi connectivity index (χ3v) is 3.94. The molecular formula is C13H22N4O. The quantitative estimate of drug-likeness (QED) is 0.878. The lowest BCUT2D eigenvalue weighted by Gasteiger charge is -2.19. The van der Waals surface area contributed by atoms with Crippen molar-refractivity contribution in [1.82, 2.24) is 20.4 Å². The number of hydrogen-bond donors (Lipinski definition) is 1. The highest BCUT2D eigenvalue weighted by Gasteiger charge is 2.21. The Morgan fingerprint density at radius 2 is 2.11 bits per heavy atom. The van der Waals surface area contributed by atoms with E-state index in [9.17, 15) is 0 Å². The van der Waals surface area contributed by atoms with E-state index in [1.54, 1.807) is 0 Å². The van der Waals surface area contributed by atoms with Crippen molar-refractivity contribution in [2.75, 3.05) is 26.2 Å². The van der Waals surface area contributed by atoms with Gasteiger partial charge in [0.05, 0.1) is 6.04 Å². The van der Waals surface area contributed by atoms with Crippen LogP contribution in [0, 0.1) is 0 Å². The van der Waals surface area contributed by atoms with Gasteiger partial charge in [0.25, 0.3) is 0 Å². The van der Waals surface area contributed by atoms with E-state index in [2.05, 4.69) is 20.4 Å². The molecule has 1 unspecified atom stereocenters. The Balaban J connectivity index is 1.52. The largest absolute Gasteiger partial charge is 0.338 e. The van der Waals surface area contributed by atoms with Gasteiger partial charge in [-0.05, 0) is 45.3 Å². The maximum Gasteiger partial charge on any atom is 0.243 e. The van der Waals surface area contributed by atoms with E-state index in [0.717, 1.165) is 37.6 Å². The van der Waals surface area contributed by atoms with Gasteiger partial charge in [0, 0.05) is 13.0 Å². The van der Waals surface area contributed by atoms with Gasteiger partial charge in [0.1, 0.15) is 0 Å². The van der Waals surface area contributed by atoms with Crippen LogP contribution < -0.4 is 5.32 Å². The molecule has 5 nitrogen and oxygen atoms in total. The fraction of sp³-hybridized carbons (Fsp3) is 0.846. The number of nitrogens with zero attached hydrogens (tertiary/aromatic N) is 3. The van der Waals surface area contributed by atoms with Gasteiger partial charge >= 0.3 is 0 Å². The van der Waals surface area contributed by atoms with Gasteiger partial charge in [-0.2, -0.15) is 4.98 Å². The molecule has 0 saturated carbocycles. The molecule has 1 N–H and O–H groups in total. The number of likely N-dealkylation sites (tertiary alicyclic amines) is 1. The number of hydrogen-bond acceptors (Lipinski definition) is 5. The monoisotopic (exact) mass is 250 g/mol. The molecule has 2 fully saturated rings. The van der Waals surface area contributed by atoms with Crippen LogP contribution >= 0.6 is 0 Å². The van der Waals surface area contributed by atoms with E-state index < -0.39 is 0 Å². The highest BCUT2D eigenvalue weighted by atomic mass is 16.5. The average molecular weight is 250 g/mol. The molecule has 2 aliphatic rings. The third-order valence-electron chi connectivity index (χ3n) is 3.94. The van der Waals surface area contributed by atoms with Crippen molar-refractivity contribution < 1.29 is 4.52 Å². The second-order valence-electron chi connectivity index (χ2n) is 5.35. The summed E-state index contributed by atoms with van der Waals surface area (Å²) in [6.45, 7) is 4.59. The first-order valence-corrected chi connectivity index (χ1v) is 7.20. The van der Waals surface area contributed by atoms with Crippen LogP contribution in [0.1, 0.15) is 49.9 Å². The highest BCUT2D eigenvalue weighted by Crippen LogP contribution is 2.21. The maximum atomic E-state index is 5.38. The molecular weight excluding hydrogens is 228 g/mol. The van der Waals surface area contributed by atoms with Gasteiger partial charge in [-0.3, -0.25) is 0 Å². The van der Waals surface area contributed by atoms with Crippen molar-refractivity contribution in [1.29, 1.82) is 0 Å². The molecule has 3 rings (SSSR count). The second-order valence-corrected chi connectivity index (χ2v) is 5.35. The summed E-state index contributed by atoms with van der Waals surface area (Å²) in [5, 5.41) is 7.54. The van der Waals surface area contributed by atoms with Crippen molar-refractivity contribution in [3.05, 3.63) is 11.7 Å². The predicted octanol–water partition coefficient (Wildman–Crippen LogP) is 1.52. The van der Waals surface area contributed by atoms with Crippen molar-refractivity contribution in [3.8, 4) is 0 Å². The smallest absolute Gasteiger partial charge is 0.243 e. The van der Waals surface area contributed by atoms with E-state index in [1.807, 2.05) is 0 Å². The highest BCUT2D eigenvalue weighted by molar-refractivity contribution is 4.95. The van der Waals surface area contributed by atoms with Gasteiger partial charge in [0.2, 0.25) is 5.89 Å². The topological polar surface area (TPSA) is 54.2 Å². The summed E-state index contributed by atoms with van der Waals surface area (Å²) in [6.07, 6.45) is 7.21. The summed E-state index contributed by atoms with van der Waals surface area (Å²) in [7, 11) is 0. The first-order chi connectivity index (χ1) is 8.92. The third kappa shape index (κ3) is 2.90. The SMILES string of the molecule is C1CCC(c2nc(CCN3CCCC3)no2)NC1. The molecule has 0 aromatic carbocycles. The fourth-order valence-electron chi connectivity index (χ4n) is 2.84. The second kappa shape index (κ2) is 5.80. The van der Waals surface area contributed by atoms with E-state index in [1.165, 1.54) is 38.8 Å². The van der Waals surface area contributed by atoms with Gasteiger partial charge in [-0.1, -0.05) is 11.6 Å². The van der Waals surface area contributed by atoms with Crippen LogP contribution in [0.2, 0.25) is 0 Å². The normalized spacial score (nSPS) is 25.7. The van der Waals surface area contributed by atoms with Crippen LogP contribution in [0.25, 0.3) is 0 Å². The first-order valence-electron chi connectivity index (χ1n) is 7.20. The van der Waals surface area contributed by atoms with Crippen LogP contribution in [-0.4, -0.2) is 41.2 Å². The van der Waals surface area contributed by atoms with Gasteiger partial charge < -0.3 is 14.7 Å². The number of nitrogens with one attached hydrogen (secondary N) is 1. The van der Waals surface area contributed by atoms with E-state index in [0.29, 0.717) is 0 Å². The standard InChI is InChI=1S/C13H22N4O/c1-2-7-14-11(5-1)13-15-12(16-18-13)6-10-17-8-3-4-9-17/h11,14H,1-10H2. The molecule has 100 valence electrons. The minimum absolute atomic E-state index is 0.284. The molecule has 0 radical (unpaired) electrons. The Morgan fingerprint density at radius 1 is 1.22 bits per heavy atom. The molecule has 2 saturated heterocycles. The molecule has 0 amide bonds. The Morgan fingerprint density at radius 3 is 2.89 bits per heavy atom. The first kappa shape index (κ1) is 12.1. The number of rotatable bonds is 4. The minimum Gasteiger partial charge on any atom is -0.338 e. The van der Waals surface area contributed by atoms with Crippen molar-refractivity contribution >= 4 is 0 Å². The van der Waals surface area contributed by atoms with Crippen molar-refractivity contribution in [2.24, 2.45) is 0 Å². The molecule has 1 aromatic heterocycles. The molecule has 3 heterocycles. The molecule has 0 spiro atoms.